The van der Waals surface area contributed by atoms with Gasteiger partial charge in [-0.2, -0.15) is 5.10 Å². The average Bonchev–Trinajstić information content (AvgIpc) is 2.37. The standard InChI is InChI=1S/C12H20BrClN2/c1-8-11(14)9(16(5)15-8)6-7-10(13)12(2,3)4/h10H,6-7H2,1-5H3. The van der Waals surface area contributed by atoms with Crippen LogP contribution in [0.15, 0.2) is 0 Å². The van der Waals surface area contributed by atoms with Gasteiger partial charge >= 0.3 is 0 Å². The monoisotopic (exact) mass is 306 g/mol. The molecule has 1 rings (SSSR count). The van der Waals surface area contributed by atoms with Gasteiger partial charge in [0.1, 0.15) is 0 Å². The fourth-order valence-corrected chi connectivity index (χ4v) is 2.13. The molecule has 0 saturated heterocycles. The lowest BCUT2D eigenvalue weighted by Crippen LogP contribution is -2.21. The molecule has 0 bridgehead atoms. The lowest BCUT2D eigenvalue weighted by atomic mass is 9.89. The minimum atomic E-state index is 0.278. The van der Waals surface area contributed by atoms with Gasteiger partial charge in [0.15, 0.2) is 0 Å². The molecule has 0 aromatic carbocycles. The Labute approximate surface area is 111 Å². The third kappa shape index (κ3) is 3.24. The lowest BCUT2D eigenvalue weighted by Gasteiger charge is -2.25. The zero-order valence-corrected chi connectivity index (χ0v) is 13.0. The van der Waals surface area contributed by atoms with E-state index in [1.54, 1.807) is 0 Å². The van der Waals surface area contributed by atoms with Crippen LogP contribution in [0.4, 0.5) is 0 Å². The zero-order valence-electron chi connectivity index (χ0n) is 10.6. The zero-order chi connectivity index (χ0) is 12.5. The van der Waals surface area contributed by atoms with E-state index >= 15 is 0 Å². The van der Waals surface area contributed by atoms with E-state index in [4.69, 9.17) is 11.6 Å². The molecule has 0 radical (unpaired) electrons. The van der Waals surface area contributed by atoms with Crippen molar-refractivity contribution in [3.63, 3.8) is 0 Å². The van der Waals surface area contributed by atoms with E-state index in [1.807, 2.05) is 18.7 Å². The summed E-state index contributed by atoms with van der Waals surface area (Å²) in [6, 6.07) is 0. The quantitative estimate of drug-likeness (QED) is 0.768. The average molecular weight is 308 g/mol. The van der Waals surface area contributed by atoms with Gasteiger partial charge in [0.2, 0.25) is 0 Å². The van der Waals surface area contributed by atoms with Crippen LogP contribution in [-0.2, 0) is 13.5 Å². The topological polar surface area (TPSA) is 17.8 Å². The predicted molar refractivity (Wildman–Crippen MR) is 73.4 cm³/mol. The summed E-state index contributed by atoms with van der Waals surface area (Å²) in [4.78, 5) is 0.492. The van der Waals surface area contributed by atoms with Crippen molar-refractivity contribution in [3.05, 3.63) is 16.4 Å². The van der Waals surface area contributed by atoms with Crippen LogP contribution in [0.1, 0.15) is 38.6 Å². The Bertz CT molecular complexity index is 366. The second kappa shape index (κ2) is 5.09. The van der Waals surface area contributed by atoms with E-state index in [0.717, 1.165) is 29.3 Å². The predicted octanol–water partition coefficient (Wildman–Crippen LogP) is 4.12. The Kier molecular flexibility index (Phi) is 4.47. The van der Waals surface area contributed by atoms with Gasteiger partial charge in [0, 0.05) is 11.9 Å². The highest BCUT2D eigenvalue weighted by Gasteiger charge is 2.22. The minimum Gasteiger partial charge on any atom is -0.271 e. The van der Waals surface area contributed by atoms with E-state index in [9.17, 15) is 0 Å². The van der Waals surface area contributed by atoms with Crippen molar-refractivity contribution in [2.75, 3.05) is 0 Å². The summed E-state index contributed by atoms with van der Waals surface area (Å²) in [6.45, 7) is 8.66. The van der Waals surface area contributed by atoms with Gasteiger partial charge in [-0.25, -0.2) is 0 Å². The van der Waals surface area contributed by atoms with E-state index < -0.39 is 0 Å². The largest absolute Gasteiger partial charge is 0.271 e. The highest BCUT2D eigenvalue weighted by Crippen LogP contribution is 2.31. The van der Waals surface area contributed by atoms with Crippen molar-refractivity contribution in [2.24, 2.45) is 12.5 Å². The SMILES string of the molecule is Cc1nn(C)c(CCC(Br)C(C)(C)C)c1Cl. The maximum absolute atomic E-state index is 6.21. The van der Waals surface area contributed by atoms with E-state index in [1.165, 1.54) is 0 Å². The van der Waals surface area contributed by atoms with E-state index in [-0.39, 0.29) is 5.41 Å². The molecule has 0 saturated carbocycles. The Morgan fingerprint density at radius 1 is 1.44 bits per heavy atom. The Morgan fingerprint density at radius 2 is 2.00 bits per heavy atom. The van der Waals surface area contributed by atoms with Gasteiger partial charge in [-0.05, 0) is 25.2 Å². The number of aromatic nitrogens is 2. The third-order valence-electron chi connectivity index (χ3n) is 2.84. The van der Waals surface area contributed by atoms with E-state index in [0.29, 0.717) is 4.83 Å². The first-order chi connectivity index (χ1) is 7.23. The number of aryl methyl sites for hydroxylation is 2. The van der Waals surface area contributed by atoms with Crippen molar-refractivity contribution in [1.29, 1.82) is 0 Å². The molecular formula is C12H20BrClN2. The first-order valence-corrected chi connectivity index (χ1v) is 6.85. The van der Waals surface area contributed by atoms with Crippen LogP contribution in [-0.4, -0.2) is 14.6 Å². The molecule has 0 aliphatic rings. The molecular weight excluding hydrogens is 288 g/mol. The van der Waals surface area contributed by atoms with Crippen molar-refractivity contribution < 1.29 is 0 Å². The van der Waals surface area contributed by atoms with Crippen LogP contribution in [0.3, 0.4) is 0 Å². The van der Waals surface area contributed by atoms with Crippen LogP contribution in [0.25, 0.3) is 0 Å². The molecule has 0 aliphatic carbocycles. The van der Waals surface area contributed by atoms with E-state index in [2.05, 4.69) is 41.8 Å². The molecule has 1 atom stereocenters. The molecule has 4 heteroatoms. The van der Waals surface area contributed by atoms with Crippen molar-refractivity contribution in [1.82, 2.24) is 9.78 Å². The van der Waals surface area contributed by atoms with Crippen LogP contribution >= 0.6 is 27.5 Å². The summed E-state index contributed by atoms with van der Waals surface area (Å²) in [5, 5.41) is 5.14. The van der Waals surface area contributed by atoms with Crippen LogP contribution < -0.4 is 0 Å². The van der Waals surface area contributed by atoms with Crippen molar-refractivity contribution >= 4 is 27.5 Å². The summed E-state index contributed by atoms with van der Waals surface area (Å²) in [7, 11) is 1.95. The Morgan fingerprint density at radius 3 is 2.38 bits per heavy atom. The molecule has 16 heavy (non-hydrogen) atoms. The molecule has 92 valence electrons. The normalized spacial score (nSPS) is 14.2. The first kappa shape index (κ1) is 14.0. The number of hydrogen-bond acceptors (Lipinski definition) is 1. The molecule has 1 heterocycles. The summed E-state index contributed by atoms with van der Waals surface area (Å²) in [5.41, 5.74) is 2.33. The first-order valence-electron chi connectivity index (χ1n) is 5.55. The number of halogens is 2. The summed E-state index contributed by atoms with van der Waals surface area (Å²) >= 11 is 9.95. The van der Waals surface area contributed by atoms with Gasteiger partial charge < -0.3 is 0 Å². The minimum absolute atomic E-state index is 0.278. The molecule has 0 N–H and O–H groups in total. The van der Waals surface area contributed by atoms with Gasteiger partial charge in [-0.3, -0.25) is 4.68 Å². The Hall–Kier alpha value is -0.0200. The van der Waals surface area contributed by atoms with Crippen LogP contribution in [0.2, 0.25) is 5.02 Å². The second-order valence-corrected chi connectivity index (χ2v) is 6.83. The van der Waals surface area contributed by atoms with Gasteiger partial charge in [-0.15, -0.1) is 0 Å². The Balaban J connectivity index is 2.68. The lowest BCUT2D eigenvalue weighted by molar-refractivity contribution is 0.384. The number of nitrogens with zero attached hydrogens (tertiary/aromatic N) is 2. The van der Waals surface area contributed by atoms with Crippen molar-refractivity contribution in [3.8, 4) is 0 Å². The fourth-order valence-electron chi connectivity index (χ4n) is 1.65. The summed E-state index contributed by atoms with van der Waals surface area (Å²) in [5.74, 6) is 0. The number of rotatable bonds is 3. The molecule has 2 nitrogen and oxygen atoms in total. The highest BCUT2D eigenvalue weighted by molar-refractivity contribution is 9.09. The van der Waals surface area contributed by atoms with Gasteiger partial charge in [0.25, 0.3) is 0 Å². The van der Waals surface area contributed by atoms with Crippen molar-refractivity contribution in [2.45, 2.75) is 45.4 Å². The maximum Gasteiger partial charge on any atom is 0.0846 e. The molecule has 1 aromatic heterocycles. The highest BCUT2D eigenvalue weighted by atomic mass is 79.9. The smallest absolute Gasteiger partial charge is 0.0846 e. The fraction of sp³-hybridized carbons (Fsp3) is 0.750. The third-order valence-corrected chi connectivity index (χ3v) is 5.16. The summed E-state index contributed by atoms with van der Waals surface area (Å²) < 4.78 is 1.89. The number of alkyl halides is 1. The molecule has 0 spiro atoms. The summed E-state index contributed by atoms with van der Waals surface area (Å²) in [6.07, 6.45) is 2.03. The number of hydrogen-bond donors (Lipinski definition) is 0. The molecule has 0 fully saturated rings. The van der Waals surface area contributed by atoms with Crippen LogP contribution in [0.5, 0.6) is 0 Å². The van der Waals surface area contributed by atoms with Crippen LogP contribution in [0, 0.1) is 12.3 Å². The van der Waals surface area contributed by atoms with Gasteiger partial charge in [0.05, 0.1) is 16.4 Å². The molecule has 0 aliphatic heterocycles. The maximum atomic E-state index is 6.21. The molecule has 1 unspecified atom stereocenters. The molecule has 1 aromatic rings. The second-order valence-electron chi connectivity index (χ2n) is 5.34. The molecule has 0 amide bonds. The van der Waals surface area contributed by atoms with Gasteiger partial charge in [-0.1, -0.05) is 48.3 Å².